The lowest BCUT2D eigenvalue weighted by molar-refractivity contribution is -0.146. The van der Waals surface area contributed by atoms with Gasteiger partial charge in [0.25, 0.3) is 0 Å². The van der Waals surface area contributed by atoms with E-state index in [0.29, 0.717) is 13.0 Å². The molecule has 1 aliphatic heterocycles. The van der Waals surface area contributed by atoms with E-state index < -0.39 is 23.8 Å². The van der Waals surface area contributed by atoms with Crippen molar-refractivity contribution in [2.24, 2.45) is 5.73 Å². The molecule has 16 heavy (non-hydrogen) atoms. The number of piperazine rings is 1. The molecule has 0 aromatic rings. The first-order valence-corrected chi connectivity index (χ1v) is 4.90. The fourth-order valence-electron chi connectivity index (χ4n) is 1.40. The van der Waals surface area contributed by atoms with Crippen LogP contribution in [0, 0.1) is 0 Å². The average Bonchev–Trinajstić information content (AvgIpc) is 2.23. The highest BCUT2D eigenvalue weighted by atomic mass is 16.5. The molecule has 1 rings (SSSR count). The summed E-state index contributed by atoms with van der Waals surface area (Å²) in [6, 6.07) is -0.737. The predicted octanol–water partition coefficient (Wildman–Crippen LogP) is -2.16. The van der Waals surface area contributed by atoms with Gasteiger partial charge < -0.3 is 15.4 Å². The molecule has 0 radical (unpaired) electrons. The number of hydrogen-bond acceptors (Lipinski definition) is 5. The van der Waals surface area contributed by atoms with Crippen molar-refractivity contribution in [3.05, 3.63) is 0 Å². The number of imide groups is 1. The van der Waals surface area contributed by atoms with Crippen molar-refractivity contribution in [1.29, 1.82) is 0 Å². The Labute approximate surface area is 92.9 Å². The molecule has 0 spiro atoms. The van der Waals surface area contributed by atoms with Crippen molar-refractivity contribution in [3.8, 4) is 0 Å². The summed E-state index contributed by atoms with van der Waals surface area (Å²) in [6.07, 6.45) is 0.363. The van der Waals surface area contributed by atoms with Crippen LogP contribution in [-0.4, -0.2) is 55.5 Å². The number of carbonyl (C=O) groups excluding carboxylic acids is 3. The first-order chi connectivity index (χ1) is 7.54. The third-order valence-electron chi connectivity index (χ3n) is 2.21. The molecule has 7 nitrogen and oxygen atoms in total. The molecule has 0 aliphatic carbocycles. The summed E-state index contributed by atoms with van der Waals surface area (Å²) in [7, 11) is 1.51. The van der Waals surface area contributed by atoms with E-state index in [1.165, 1.54) is 7.11 Å². The molecule has 3 N–H and O–H groups in total. The minimum absolute atomic E-state index is 0.120. The zero-order valence-electron chi connectivity index (χ0n) is 9.06. The lowest BCUT2D eigenvalue weighted by Crippen LogP contribution is -2.56. The molecule has 0 saturated carbocycles. The molecular weight excluding hydrogens is 214 g/mol. The number of amides is 3. The minimum Gasteiger partial charge on any atom is -0.385 e. The summed E-state index contributed by atoms with van der Waals surface area (Å²) in [5.74, 6) is -1.37. The van der Waals surface area contributed by atoms with Crippen LogP contribution < -0.4 is 11.1 Å². The van der Waals surface area contributed by atoms with Crippen LogP contribution in [0.4, 0.5) is 0 Å². The highest BCUT2D eigenvalue weighted by molar-refractivity contribution is 6.03. The molecule has 1 aliphatic rings. The van der Waals surface area contributed by atoms with Crippen LogP contribution in [0.5, 0.6) is 0 Å². The van der Waals surface area contributed by atoms with Gasteiger partial charge in [-0.3, -0.25) is 19.7 Å². The number of nitrogens with two attached hydrogens (primary N) is 1. The number of carbonyl (C=O) groups is 3. The Morgan fingerprint density at radius 2 is 2.06 bits per heavy atom. The molecule has 90 valence electrons. The van der Waals surface area contributed by atoms with Gasteiger partial charge in [0.2, 0.25) is 17.7 Å². The molecule has 1 fully saturated rings. The Bertz CT molecular complexity index is 289. The highest BCUT2D eigenvalue weighted by Crippen LogP contribution is 2.01. The van der Waals surface area contributed by atoms with Crippen LogP contribution in [0.2, 0.25) is 0 Å². The predicted molar refractivity (Wildman–Crippen MR) is 54.2 cm³/mol. The minimum atomic E-state index is -0.737. The van der Waals surface area contributed by atoms with E-state index in [9.17, 15) is 14.4 Å². The van der Waals surface area contributed by atoms with Crippen LogP contribution in [0.25, 0.3) is 0 Å². The zero-order chi connectivity index (χ0) is 12.1. The van der Waals surface area contributed by atoms with Gasteiger partial charge in [-0.25, -0.2) is 0 Å². The second-order valence-electron chi connectivity index (χ2n) is 3.55. The maximum Gasteiger partial charge on any atom is 0.246 e. The number of hydrogen-bond donors (Lipinski definition) is 2. The average molecular weight is 229 g/mol. The monoisotopic (exact) mass is 229 g/mol. The van der Waals surface area contributed by atoms with Crippen molar-refractivity contribution < 1.29 is 19.1 Å². The zero-order valence-corrected chi connectivity index (χ0v) is 9.06. The summed E-state index contributed by atoms with van der Waals surface area (Å²) >= 11 is 0. The van der Waals surface area contributed by atoms with E-state index in [1.54, 1.807) is 0 Å². The fraction of sp³-hybridized carbons (Fsp3) is 0.667. The van der Waals surface area contributed by atoms with Gasteiger partial charge in [-0.05, 0) is 6.42 Å². The van der Waals surface area contributed by atoms with Crippen molar-refractivity contribution in [2.45, 2.75) is 12.5 Å². The van der Waals surface area contributed by atoms with E-state index in [2.05, 4.69) is 5.32 Å². The smallest absolute Gasteiger partial charge is 0.246 e. The van der Waals surface area contributed by atoms with Crippen LogP contribution in [0.3, 0.4) is 0 Å². The van der Waals surface area contributed by atoms with Crippen LogP contribution in [-0.2, 0) is 19.1 Å². The standard InChI is InChI=1S/C9H15N3O4/c1-16-3-2-6(10)9(15)12-4-7(13)11-8(14)5-12/h6H,2-5,10H2,1H3,(H,11,13,14). The van der Waals surface area contributed by atoms with E-state index in [-0.39, 0.29) is 13.1 Å². The maximum atomic E-state index is 11.7. The van der Waals surface area contributed by atoms with Crippen molar-refractivity contribution in [2.75, 3.05) is 26.8 Å². The van der Waals surface area contributed by atoms with Crippen LogP contribution in [0.15, 0.2) is 0 Å². The quantitative estimate of drug-likeness (QED) is 0.534. The second-order valence-corrected chi connectivity index (χ2v) is 3.55. The number of rotatable bonds is 4. The van der Waals surface area contributed by atoms with E-state index in [1.807, 2.05) is 0 Å². The van der Waals surface area contributed by atoms with E-state index >= 15 is 0 Å². The van der Waals surface area contributed by atoms with Gasteiger partial charge in [0.05, 0.1) is 6.04 Å². The molecule has 3 amide bonds. The Morgan fingerprint density at radius 3 is 2.56 bits per heavy atom. The molecule has 7 heteroatoms. The molecule has 1 atom stereocenters. The third kappa shape index (κ3) is 3.28. The Balaban J connectivity index is 2.52. The molecule has 0 aromatic carbocycles. The molecular formula is C9H15N3O4. The maximum absolute atomic E-state index is 11.7. The normalized spacial score (nSPS) is 18.2. The molecule has 1 heterocycles. The largest absolute Gasteiger partial charge is 0.385 e. The highest BCUT2D eigenvalue weighted by Gasteiger charge is 2.29. The van der Waals surface area contributed by atoms with E-state index in [0.717, 1.165) is 4.90 Å². The van der Waals surface area contributed by atoms with Crippen molar-refractivity contribution in [3.63, 3.8) is 0 Å². The Kier molecular flexibility index (Phi) is 4.39. The first-order valence-electron chi connectivity index (χ1n) is 4.90. The number of nitrogens with zero attached hydrogens (tertiary/aromatic N) is 1. The number of methoxy groups -OCH3 is 1. The van der Waals surface area contributed by atoms with Gasteiger partial charge in [-0.15, -0.1) is 0 Å². The molecule has 0 aromatic heterocycles. The number of nitrogens with one attached hydrogen (secondary N) is 1. The fourth-order valence-corrected chi connectivity index (χ4v) is 1.40. The second kappa shape index (κ2) is 5.57. The molecule has 1 unspecified atom stereocenters. The lowest BCUT2D eigenvalue weighted by Gasteiger charge is -2.27. The summed E-state index contributed by atoms with van der Waals surface area (Å²) < 4.78 is 4.80. The summed E-state index contributed by atoms with van der Waals surface area (Å²) in [5.41, 5.74) is 5.61. The van der Waals surface area contributed by atoms with Gasteiger partial charge in [0.15, 0.2) is 0 Å². The van der Waals surface area contributed by atoms with Crippen molar-refractivity contribution in [1.82, 2.24) is 10.2 Å². The third-order valence-corrected chi connectivity index (χ3v) is 2.21. The van der Waals surface area contributed by atoms with Gasteiger partial charge in [0, 0.05) is 13.7 Å². The SMILES string of the molecule is COCCC(N)C(=O)N1CC(=O)NC(=O)C1. The lowest BCUT2D eigenvalue weighted by atomic mass is 10.2. The van der Waals surface area contributed by atoms with Gasteiger partial charge in [-0.1, -0.05) is 0 Å². The Hall–Kier alpha value is -1.47. The van der Waals surface area contributed by atoms with Crippen LogP contribution in [0.1, 0.15) is 6.42 Å². The van der Waals surface area contributed by atoms with E-state index in [4.69, 9.17) is 10.5 Å². The Morgan fingerprint density at radius 1 is 1.50 bits per heavy atom. The molecule has 1 saturated heterocycles. The van der Waals surface area contributed by atoms with Gasteiger partial charge >= 0.3 is 0 Å². The first kappa shape index (κ1) is 12.6. The van der Waals surface area contributed by atoms with Gasteiger partial charge in [-0.2, -0.15) is 0 Å². The van der Waals surface area contributed by atoms with Crippen LogP contribution >= 0.6 is 0 Å². The summed E-state index contributed by atoms with van der Waals surface area (Å²) in [4.78, 5) is 34.9. The topological polar surface area (TPSA) is 102 Å². The molecule has 0 bridgehead atoms. The number of ether oxygens (including phenoxy) is 1. The summed E-state index contributed by atoms with van der Waals surface area (Å²) in [5, 5.41) is 2.11. The summed E-state index contributed by atoms with van der Waals surface area (Å²) in [6.45, 7) is 0.122. The van der Waals surface area contributed by atoms with Gasteiger partial charge in [0.1, 0.15) is 13.1 Å². The van der Waals surface area contributed by atoms with Crippen molar-refractivity contribution >= 4 is 17.7 Å².